The van der Waals surface area contributed by atoms with Gasteiger partial charge in [0.2, 0.25) is 0 Å². The number of rotatable bonds is 1. The summed E-state index contributed by atoms with van der Waals surface area (Å²) in [7, 11) is 0. The predicted molar refractivity (Wildman–Crippen MR) is 73.1 cm³/mol. The number of hydrogen-bond acceptors (Lipinski definition) is 3. The number of aromatic nitrogens is 1. The van der Waals surface area contributed by atoms with Crippen molar-refractivity contribution in [2.24, 2.45) is 5.92 Å². The predicted octanol–water partition coefficient (Wildman–Crippen LogP) is 2.58. The molecule has 2 fully saturated rings. The number of amides is 1. The van der Waals surface area contributed by atoms with Crippen molar-refractivity contribution >= 4 is 35.0 Å². The molecule has 0 aliphatic carbocycles. The Morgan fingerprint density at radius 1 is 1.42 bits per heavy atom. The second-order valence-electron chi connectivity index (χ2n) is 4.96. The number of carbonyl (C=O) groups is 1. The first-order valence-electron chi connectivity index (χ1n) is 6.12. The van der Waals surface area contributed by atoms with Crippen LogP contribution in [0.3, 0.4) is 0 Å². The van der Waals surface area contributed by atoms with E-state index in [9.17, 15) is 4.79 Å². The van der Waals surface area contributed by atoms with Gasteiger partial charge in [-0.15, -0.1) is 0 Å². The average Bonchev–Trinajstić information content (AvgIpc) is 2.35. The van der Waals surface area contributed by atoms with Crippen LogP contribution >= 0.6 is 23.2 Å². The molecule has 7 heteroatoms. The number of carboxylic acid groups (broad SMARTS) is 1. The summed E-state index contributed by atoms with van der Waals surface area (Å²) in [6, 6.07) is 2.01. The number of halogens is 2. The molecule has 0 bridgehead atoms. The molecule has 0 radical (unpaired) electrons. The first-order valence-corrected chi connectivity index (χ1v) is 6.87. The molecule has 19 heavy (non-hydrogen) atoms. The second-order valence-corrected chi connectivity index (χ2v) is 5.73. The lowest BCUT2D eigenvalue weighted by Gasteiger charge is -2.54. The zero-order valence-corrected chi connectivity index (χ0v) is 11.6. The molecule has 0 saturated carbocycles. The van der Waals surface area contributed by atoms with Crippen LogP contribution in [0.4, 0.5) is 10.5 Å². The van der Waals surface area contributed by atoms with Gasteiger partial charge in [0.25, 0.3) is 0 Å². The maximum Gasteiger partial charge on any atom is 0.407 e. The summed E-state index contributed by atoms with van der Waals surface area (Å²) in [5, 5.41) is 9.77. The van der Waals surface area contributed by atoms with Crippen molar-refractivity contribution < 1.29 is 9.90 Å². The van der Waals surface area contributed by atoms with Crippen molar-refractivity contribution in [3.63, 3.8) is 0 Å². The number of likely N-dealkylation sites (tertiary alicyclic amines) is 1. The summed E-state index contributed by atoms with van der Waals surface area (Å²) >= 11 is 11.8. The Morgan fingerprint density at radius 2 is 2.21 bits per heavy atom. The van der Waals surface area contributed by atoms with Gasteiger partial charge in [0.15, 0.2) is 0 Å². The second kappa shape index (κ2) is 4.72. The molecular formula is C12H13Cl2N3O2. The Hall–Kier alpha value is -1.20. The monoisotopic (exact) mass is 301 g/mol. The molecule has 0 aromatic carbocycles. The van der Waals surface area contributed by atoms with Crippen LogP contribution in [-0.4, -0.2) is 46.8 Å². The van der Waals surface area contributed by atoms with Crippen LogP contribution in [0.15, 0.2) is 12.3 Å². The van der Waals surface area contributed by atoms with Gasteiger partial charge in [-0.25, -0.2) is 9.78 Å². The highest BCUT2D eigenvalue weighted by Crippen LogP contribution is 2.37. The highest BCUT2D eigenvalue weighted by molar-refractivity contribution is 6.41. The molecule has 2 aliphatic heterocycles. The van der Waals surface area contributed by atoms with Crippen molar-refractivity contribution in [3.8, 4) is 0 Å². The van der Waals surface area contributed by atoms with E-state index < -0.39 is 6.09 Å². The molecule has 1 amide bonds. The number of nitrogens with zero attached hydrogens (tertiary/aromatic N) is 3. The maximum atomic E-state index is 11.0. The summed E-state index contributed by atoms with van der Waals surface area (Å²) in [6.07, 6.45) is 1.75. The van der Waals surface area contributed by atoms with E-state index in [-0.39, 0.29) is 6.04 Å². The molecule has 1 aromatic rings. The summed E-state index contributed by atoms with van der Waals surface area (Å²) in [6.45, 7) is 2.10. The van der Waals surface area contributed by atoms with Crippen LogP contribution in [0, 0.1) is 5.92 Å². The SMILES string of the molecule is O=C(O)N1CC[C@@H]2CN(c3cnc(Cl)c(Cl)c3)[C@@H]2C1. The topological polar surface area (TPSA) is 56.7 Å². The highest BCUT2D eigenvalue weighted by Gasteiger charge is 2.43. The third-order valence-corrected chi connectivity index (χ3v) is 4.62. The lowest BCUT2D eigenvalue weighted by atomic mass is 9.82. The van der Waals surface area contributed by atoms with Gasteiger partial charge >= 0.3 is 6.09 Å². The fourth-order valence-electron chi connectivity index (χ4n) is 2.84. The summed E-state index contributed by atoms with van der Waals surface area (Å²) in [4.78, 5) is 18.7. The van der Waals surface area contributed by atoms with Crippen molar-refractivity contribution in [2.45, 2.75) is 12.5 Å². The van der Waals surface area contributed by atoms with Gasteiger partial charge in [0.1, 0.15) is 5.15 Å². The van der Waals surface area contributed by atoms with Crippen molar-refractivity contribution in [3.05, 3.63) is 22.4 Å². The van der Waals surface area contributed by atoms with E-state index >= 15 is 0 Å². The van der Waals surface area contributed by atoms with Crippen molar-refractivity contribution in [1.29, 1.82) is 0 Å². The molecule has 5 nitrogen and oxygen atoms in total. The number of piperidine rings is 1. The minimum Gasteiger partial charge on any atom is -0.465 e. The zero-order valence-electron chi connectivity index (χ0n) is 10.1. The standard InChI is InChI=1S/C12H13Cl2N3O2/c13-9-3-8(4-15-11(9)14)17-5-7-1-2-16(12(18)19)6-10(7)17/h3-4,7,10H,1-2,5-6H2,(H,18,19)/t7-,10-/m1/s1. The van der Waals surface area contributed by atoms with Crippen LogP contribution < -0.4 is 4.90 Å². The minimum atomic E-state index is -0.849. The summed E-state index contributed by atoms with van der Waals surface area (Å²) in [5.74, 6) is 0.560. The molecule has 0 spiro atoms. The fourth-order valence-corrected chi connectivity index (χ4v) is 3.10. The normalized spacial score (nSPS) is 25.8. The molecule has 3 rings (SSSR count). The van der Waals surface area contributed by atoms with Crippen LogP contribution in [0.25, 0.3) is 0 Å². The lowest BCUT2D eigenvalue weighted by molar-refractivity contribution is 0.0945. The number of hydrogen-bond donors (Lipinski definition) is 1. The third kappa shape index (κ3) is 2.21. The molecule has 1 aromatic heterocycles. The average molecular weight is 302 g/mol. The molecule has 2 saturated heterocycles. The van der Waals surface area contributed by atoms with Gasteiger partial charge in [0.05, 0.1) is 22.9 Å². The minimum absolute atomic E-state index is 0.226. The Balaban J connectivity index is 1.77. The van der Waals surface area contributed by atoms with E-state index in [1.807, 2.05) is 0 Å². The smallest absolute Gasteiger partial charge is 0.407 e. The van der Waals surface area contributed by atoms with Crippen LogP contribution in [0.2, 0.25) is 10.2 Å². The quantitative estimate of drug-likeness (QED) is 0.810. The molecule has 3 heterocycles. The number of fused-ring (bicyclic) bond motifs is 1. The summed E-state index contributed by atoms with van der Waals surface area (Å²) < 4.78 is 0. The Bertz CT molecular complexity index is 526. The van der Waals surface area contributed by atoms with Crippen molar-refractivity contribution in [1.82, 2.24) is 9.88 Å². The van der Waals surface area contributed by atoms with E-state index in [0.717, 1.165) is 18.7 Å². The Labute approximate surface area is 120 Å². The first-order chi connectivity index (χ1) is 9.06. The zero-order chi connectivity index (χ0) is 13.6. The van der Waals surface area contributed by atoms with E-state index in [2.05, 4.69) is 9.88 Å². The van der Waals surface area contributed by atoms with E-state index in [1.54, 1.807) is 12.3 Å². The van der Waals surface area contributed by atoms with Crippen LogP contribution in [0.1, 0.15) is 6.42 Å². The van der Waals surface area contributed by atoms with Gasteiger partial charge in [-0.3, -0.25) is 0 Å². The van der Waals surface area contributed by atoms with Crippen LogP contribution in [-0.2, 0) is 0 Å². The van der Waals surface area contributed by atoms with E-state index in [4.69, 9.17) is 28.3 Å². The first kappa shape index (κ1) is 12.8. The van der Waals surface area contributed by atoms with Gasteiger partial charge in [-0.1, -0.05) is 23.2 Å². The van der Waals surface area contributed by atoms with Gasteiger partial charge in [-0.05, 0) is 12.5 Å². The molecular weight excluding hydrogens is 289 g/mol. The molecule has 1 N–H and O–H groups in total. The van der Waals surface area contributed by atoms with Crippen molar-refractivity contribution in [2.75, 3.05) is 24.5 Å². The molecule has 0 unspecified atom stereocenters. The van der Waals surface area contributed by atoms with E-state index in [0.29, 0.717) is 29.2 Å². The number of pyridine rings is 1. The fraction of sp³-hybridized carbons (Fsp3) is 0.500. The highest BCUT2D eigenvalue weighted by atomic mass is 35.5. The Kier molecular flexibility index (Phi) is 3.19. The maximum absolute atomic E-state index is 11.0. The molecule has 2 atom stereocenters. The van der Waals surface area contributed by atoms with E-state index in [1.165, 1.54) is 4.90 Å². The van der Waals surface area contributed by atoms with Gasteiger partial charge in [0, 0.05) is 25.6 Å². The summed E-state index contributed by atoms with van der Waals surface area (Å²) in [5.41, 5.74) is 0.905. The van der Waals surface area contributed by atoms with Crippen LogP contribution in [0.5, 0.6) is 0 Å². The lowest BCUT2D eigenvalue weighted by Crippen LogP contribution is -2.65. The Morgan fingerprint density at radius 3 is 2.89 bits per heavy atom. The molecule has 102 valence electrons. The molecule has 2 aliphatic rings. The third-order valence-electron chi connectivity index (χ3n) is 3.94. The largest absolute Gasteiger partial charge is 0.465 e. The number of anilines is 1. The van der Waals surface area contributed by atoms with Gasteiger partial charge < -0.3 is 14.9 Å². The van der Waals surface area contributed by atoms with Gasteiger partial charge in [-0.2, -0.15) is 0 Å².